The van der Waals surface area contributed by atoms with E-state index in [1.54, 1.807) is 0 Å². The second-order valence-electron chi connectivity index (χ2n) is 5.41. The van der Waals surface area contributed by atoms with Gasteiger partial charge in [0, 0.05) is 50.9 Å². The molecule has 3 N–H and O–H groups in total. The lowest BCUT2D eigenvalue weighted by molar-refractivity contribution is -0.0573. The number of hydrogen-bond donors (Lipinski definition) is 2. The Morgan fingerprint density at radius 3 is 2.75 bits per heavy atom. The van der Waals surface area contributed by atoms with E-state index in [-0.39, 0.29) is 0 Å². The molecule has 2 rings (SSSR count). The number of aliphatic hydroxyl groups is 1. The third-order valence-electron chi connectivity index (χ3n) is 3.57. The maximum atomic E-state index is 10.6. The fraction of sp³-hybridized carbons (Fsp3) is 0.571. The molecular formula is C14H21N3O2S. The minimum Gasteiger partial charge on any atom is -0.389 e. The number of aryl methyl sites for hydroxylation is 1. The van der Waals surface area contributed by atoms with Gasteiger partial charge in [-0.1, -0.05) is 12.2 Å². The van der Waals surface area contributed by atoms with Crippen LogP contribution >= 0.6 is 12.2 Å². The molecule has 0 unspecified atom stereocenters. The summed E-state index contributed by atoms with van der Waals surface area (Å²) in [6.07, 6.45) is 1.29. The molecule has 0 spiro atoms. The Balaban J connectivity index is 2.16. The van der Waals surface area contributed by atoms with Gasteiger partial charge in [0.05, 0.1) is 5.60 Å². The molecule has 1 aliphatic rings. The summed E-state index contributed by atoms with van der Waals surface area (Å²) in [4.78, 5) is 6.78. The summed E-state index contributed by atoms with van der Waals surface area (Å²) in [5, 5.41) is 10.6. The van der Waals surface area contributed by atoms with E-state index < -0.39 is 5.60 Å². The summed E-state index contributed by atoms with van der Waals surface area (Å²) < 4.78 is 5.29. The van der Waals surface area contributed by atoms with Crippen LogP contribution < -0.4 is 10.6 Å². The van der Waals surface area contributed by atoms with E-state index >= 15 is 0 Å². The Morgan fingerprint density at radius 2 is 2.15 bits per heavy atom. The van der Waals surface area contributed by atoms with E-state index in [0.717, 1.165) is 17.1 Å². The lowest BCUT2D eigenvalue weighted by Crippen LogP contribution is -2.46. The van der Waals surface area contributed by atoms with Crippen LogP contribution in [-0.2, 0) is 4.74 Å². The van der Waals surface area contributed by atoms with Crippen LogP contribution in [0.5, 0.6) is 0 Å². The minimum atomic E-state index is -0.720. The van der Waals surface area contributed by atoms with Gasteiger partial charge < -0.3 is 20.5 Å². The molecule has 110 valence electrons. The van der Waals surface area contributed by atoms with Crippen molar-refractivity contribution in [1.29, 1.82) is 0 Å². The molecule has 5 nitrogen and oxygen atoms in total. The second kappa shape index (κ2) is 6.03. The third-order valence-corrected chi connectivity index (χ3v) is 3.81. The Morgan fingerprint density at radius 1 is 1.50 bits per heavy atom. The first-order valence-electron chi connectivity index (χ1n) is 6.69. The highest BCUT2D eigenvalue weighted by Gasteiger charge is 2.31. The molecule has 0 radical (unpaired) electrons. The van der Waals surface area contributed by atoms with E-state index in [1.807, 2.05) is 31.0 Å². The number of ether oxygens (including phenoxy) is 1. The average Bonchev–Trinajstić information content (AvgIpc) is 2.38. The lowest BCUT2D eigenvalue weighted by Gasteiger charge is -2.36. The van der Waals surface area contributed by atoms with Gasteiger partial charge in [0.25, 0.3) is 0 Å². The molecule has 1 aliphatic heterocycles. The number of nitrogens with zero attached hydrogens (tertiary/aromatic N) is 2. The smallest absolute Gasteiger partial charge is 0.129 e. The van der Waals surface area contributed by atoms with E-state index in [1.165, 1.54) is 0 Å². The van der Waals surface area contributed by atoms with Crippen LogP contribution in [0.2, 0.25) is 0 Å². The summed E-state index contributed by atoms with van der Waals surface area (Å²) in [6, 6.07) is 3.72. The molecule has 1 saturated heterocycles. The van der Waals surface area contributed by atoms with Crippen molar-refractivity contribution in [1.82, 2.24) is 4.98 Å². The zero-order valence-electron chi connectivity index (χ0n) is 11.9. The molecule has 0 aromatic carbocycles. The predicted molar refractivity (Wildman–Crippen MR) is 83.1 cm³/mol. The SMILES string of the molecule is Cc1cc(C(N)=S)cc(N(C)CC2(O)CCOCC2)n1. The maximum Gasteiger partial charge on any atom is 0.129 e. The molecule has 6 heteroatoms. The van der Waals surface area contributed by atoms with Crippen LogP contribution in [0.4, 0.5) is 5.82 Å². The largest absolute Gasteiger partial charge is 0.389 e. The van der Waals surface area contributed by atoms with Crippen LogP contribution in [0.3, 0.4) is 0 Å². The second-order valence-corrected chi connectivity index (χ2v) is 5.85. The van der Waals surface area contributed by atoms with Crippen LogP contribution in [0.1, 0.15) is 24.1 Å². The van der Waals surface area contributed by atoms with Crippen molar-refractivity contribution in [2.45, 2.75) is 25.4 Å². The summed E-state index contributed by atoms with van der Waals surface area (Å²) >= 11 is 5.02. The lowest BCUT2D eigenvalue weighted by atomic mass is 9.94. The first-order chi connectivity index (χ1) is 9.39. The molecule has 1 fully saturated rings. The zero-order valence-corrected chi connectivity index (χ0v) is 12.7. The van der Waals surface area contributed by atoms with Gasteiger partial charge in [0.1, 0.15) is 10.8 Å². The maximum absolute atomic E-state index is 10.6. The van der Waals surface area contributed by atoms with Gasteiger partial charge in [0.2, 0.25) is 0 Å². The number of nitrogens with two attached hydrogens (primary N) is 1. The van der Waals surface area contributed by atoms with Crippen molar-refractivity contribution in [3.05, 3.63) is 23.4 Å². The van der Waals surface area contributed by atoms with Gasteiger partial charge in [-0.3, -0.25) is 0 Å². The highest BCUT2D eigenvalue weighted by Crippen LogP contribution is 2.24. The van der Waals surface area contributed by atoms with Gasteiger partial charge in [-0.05, 0) is 19.1 Å². The number of thiocarbonyl (C=S) groups is 1. The summed E-state index contributed by atoms with van der Waals surface area (Å²) in [7, 11) is 1.92. The summed E-state index contributed by atoms with van der Waals surface area (Å²) in [5.41, 5.74) is 6.62. The number of anilines is 1. The highest BCUT2D eigenvalue weighted by molar-refractivity contribution is 7.80. The predicted octanol–water partition coefficient (Wildman–Crippen LogP) is 1.00. The van der Waals surface area contributed by atoms with Crippen molar-refractivity contribution >= 4 is 23.0 Å². The fourth-order valence-corrected chi connectivity index (χ4v) is 2.54. The Bertz CT molecular complexity index is 501. The minimum absolute atomic E-state index is 0.356. The monoisotopic (exact) mass is 295 g/mol. The molecule has 2 heterocycles. The number of pyridine rings is 1. The normalized spacial score (nSPS) is 17.8. The van der Waals surface area contributed by atoms with Crippen molar-refractivity contribution in [2.24, 2.45) is 5.73 Å². The molecule has 0 saturated carbocycles. The summed E-state index contributed by atoms with van der Waals surface area (Å²) in [6.45, 7) is 3.62. The first kappa shape index (κ1) is 15.2. The molecule has 0 bridgehead atoms. The van der Waals surface area contributed by atoms with Crippen LogP contribution in [0.25, 0.3) is 0 Å². The van der Waals surface area contributed by atoms with Gasteiger partial charge in [-0.2, -0.15) is 0 Å². The average molecular weight is 295 g/mol. The number of hydrogen-bond acceptors (Lipinski definition) is 5. The van der Waals surface area contributed by atoms with E-state index in [4.69, 9.17) is 22.7 Å². The van der Waals surface area contributed by atoms with Gasteiger partial charge in [0.15, 0.2) is 0 Å². The fourth-order valence-electron chi connectivity index (χ4n) is 2.42. The Labute approximate surface area is 124 Å². The van der Waals surface area contributed by atoms with Crippen molar-refractivity contribution < 1.29 is 9.84 Å². The zero-order chi connectivity index (χ0) is 14.8. The topological polar surface area (TPSA) is 71.6 Å². The van der Waals surface area contributed by atoms with E-state index in [0.29, 0.717) is 37.6 Å². The van der Waals surface area contributed by atoms with Crippen LogP contribution in [0, 0.1) is 6.92 Å². The highest BCUT2D eigenvalue weighted by atomic mass is 32.1. The first-order valence-corrected chi connectivity index (χ1v) is 7.10. The molecule has 1 aromatic rings. The third kappa shape index (κ3) is 3.65. The van der Waals surface area contributed by atoms with Crippen molar-refractivity contribution in [2.75, 3.05) is 31.7 Å². The molecule has 0 aliphatic carbocycles. The molecular weight excluding hydrogens is 274 g/mol. The van der Waals surface area contributed by atoms with Gasteiger partial charge in [-0.15, -0.1) is 0 Å². The standard InChI is InChI=1S/C14H21N3O2S/c1-10-7-11(13(15)20)8-12(16-10)17(2)9-14(18)3-5-19-6-4-14/h7-8,18H,3-6,9H2,1-2H3,(H2,15,20). The Kier molecular flexibility index (Phi) is 4.57. The Hall–Kier alpha value is -1.24. The van der Waals surface area contributed by atoms with Gasteiger partial charge >= 0.3 is 0 Å². The number of aromatic nitrogens is 1. The van der Waals surface area contributed by atoms with Crippen LogP contribution in [-0.4, -0.2) is 47.5 Å². The number of likely N-dealkylation sites (N-methyl/N-ethyl adjacent to an activating group) is 1. The van der Waals surface area contributed by atoms with Crippen molar-refractivity contribution in [3.63, 3.8) is 0 Å². The molecule has 1 aromatic heterocycles. The summed E-state index contributed by atoms with van der Waals surface area (Å²) in [5.74, 6) is 0.771. The quantitative estimate of drug-likeness (QED) is 0.808. The molecule has 20 heavy (non-hydrogen) atoms. The molecule has 0 amide bonds. The number of rotatable bonds is 4. The van der Waals surface area contributed by atoms with Crippen molar-refractivity contribution in [3.8, 4) is 0 Å². The van der Waals surface area contributed by atoms with Crippen LogP contribution in [0.15, 0.2) is 12.1 Å². The van der Waals surface area contributed by atoms with E-state index in [2.05, 4.69) is 4.98 Å². The molecule has 0 atom stereocenters. The van der Waals surface area contributed by atoms with Gasteiger partial charge in [-0.25, -0.2) is 4.98 Å². The van der Waals surface area contributed by atoms with E-state index in [9.17, 15) is 5.11 Å².